The Kier molecular flexibility index (Phi) is 9.12. The van der Waals surface area contributed by atoms with Crippen molar-refractivity contribution in [2.75, 3.05) is 6.54 Å². The average molecular weight is 644 g/mol. The van der Waals surface area contributed by atoms with Gasteiger partial charge in [0.2, 0.25) is 5.91 Å². The average Bonchev–Trinajstić information content (AvgIpc) is 3.31. The lowest BCUT2D eigenvalue weighted by molar-refractivity contribution is -0.248. The number of aliphatic hydroxyl groups is 1. The summed E-state index contributed by atoms with van der Waals surface area (Å²) in [4.78, 5) is 37.7. The molecule has 7 heteroatoms. The molecule has 0 bridgehead atoms. The topological polar surface area (TPSA) is 113 Å². The number of nitrogens with one attached hydrogen (secondary N) is 1. The standard InChI is InChI=1S/C39H65NO6/c1-33(2,22-31(42)43)23-32(44)46-29-15-17-36(7)27(35(29,5)6)14-18-38(9)28(36)13-12-25-26-11-10-16-39(26,20-19-37(25,38)8)21-30(41)40-24-34(3,4)45/h25-29,45H,10-24H2,1-9H3,(H,40,41)(H,42,43)/t25-,26-,27?,28?,29+,36+,37-,38-,39-/m1/s1. The molecular formula is C39H65NO6. The van der Waals surface area contributed by atoms with Crippen molar-refractivity contribution < 1.29 is 29.3 Å². The fraction of sp³-hybridized carbons (Fsp3) is 0.923. The highest BCUT2D eigenvalue weighted by Crippen LogP contribution is 2.77. The second-order valence-electron chi connectivity index (χ2n) is 19.5. The van der Waals surface area contributed by atoms with Crippen LogP contribution >= 0.6 is 0 Å². The zero-order valence-corrected chi connectivity index (χ0v) is 30.5. The predicted molar refractivity (Wildman–Crippen MR) is 180 cm³/mol. The molecule has 5 aliphatic rings. The Morgan fingerprint density at radius 3 is 2.13 bits per heavy atom. The lowest BCUT2D eigenvalue weighted by Crippen LogP contribution is -2.66. The molecule has 0 aliphatic heterocycles. The van der Waals surface area contributed by atoms with Crippen LogP contribution in [0.3, 0.4) is 0 Å². The summed E-state index contributed by atoms with van der Waals surface area (Å²) >= 11 is 0. The molecule has 9 atom stereocenters. The van der Waals surface area contributed by atoms with Crippen molar-refractivity contribution in [3.05, 3.63) is 0 Å². The van der Waals surface area contributed by atoms with Crippen LogP contribution < -0.4 is 5.32 Å². The van der Waals surface area contributed by atoms with E-state index >= 15 is 0 Å². The molecule has 0 saturated heterocycles. The maximum absolute atomic E-state index is 13.2. The fourth-order valence-electron chi connectivity index (χ4n) is 13.0. The van der Waals surface area contributed by atoms with Crippen LogP contribution in [0, 0.1) is 56.2 Å². The van der Waals surface area contributed by atoms with E-state index in [1.165, 1.54) is 38.5 Å². The number of ether oxygens (including phenoxy) is 1. The lowest BCUT2D eigenvalue weighted by Gasteiger charge is -2.72. The van der Waals surface area contributed by atoms with Gasteiger partial charge < -0.3 is 20.3 Å². The van der Waals surface area contributed by atoms with Crippen molar-refractivity contribution in [2.45, 2.75) is 164 Å². The number of rotatable bonds is 9. The Bertz CT molecular complexity index is 1200. The van der Waals surface area contributed by atoms with E-state index in [9.17, 15) is 24.6 Å². The maximum Gasteiger partial charge on any atom is 0.306 e. The Morgan fingerprint density at radius 2 is 1.48 bits per heavy atom. The minimum Gasteiger partial charge on any atom is -0.481 e. The Morgan fingerprint density at radius 1 is 0.783 bits per heavy atom. The van der Waals surface area contributed by atoms with Gasteiger partial charge in [-0.05, 0) is 129 Å². The van der Waals surface area contributed by atoms with Gasteiger partial charge in [0, 0.05) is 18.4 Å². The van der Waals surface area contributed by atoms with Gasteiger partial charge in [-0.25, -0.2) is 0 Å². The van der Waals surface area contributed by atoms with E-state index in [0.717, 1.165) is 32.1 Å². The summed E-state index contributed by atoms with van der Waals surface area (Å²) < 4.78 is 6.23. The van der Waals surface area contributed by atoms with E-state index in [1.54, 1.807) is 13.8 Å². The van der Waals surface area contributed by atoms with Crippen molar-refractivity contribution in [3.8, 4) is 0 Å². The zero-order chi connectivity index (χ0) is 34.1. The van der Waals surface area contributed by atoms with E-state index in [1.807, 2.05) is 13.8 Å². The first-order valence-electron chi connectivity index (χ1n) is 18.5. The van der Waals surface area contributed by atoms with Gasteiger partial charge >= 0.3 is 11.9 Å². The fourth-order valence-corrected chi connectivity index (χ4v) is 13.0. The highest BCUT2D eigenvalue weighted by atomic mass is 16.5. The monoisotopic (exact) mass is 643 g/mol. The SMILES string of the molecule is CC(C)(O)CNC(=O)C[C@]12CCC[C@@H]1[C@H]1CCC3[C@@]4(C)CC[C@H](OC(=O)CC(C)(C)CC(=O)O)C(C)(C)C4CC[C@@]3(C)[C@]1(C)CC2. The van der Waals surface area contributed by atoms with Crippen LogP contribution in [0.15, 0.2) is 0 Å². The summed E-state index contributed by atoms with van der Waals surface area (Å²) in [6.45, 7) is 19.9. The van der Waals surface area contributed by atoms with E-state index < -0.39 is 17.0 Å². The Balaban J connectivity index is 1.32. The maximum atomic E-state index is 13.2. The van der Waals surface area contributed by atoms with Gasteiger partial charge in [-0.2, -0.15) is 0 Å². The highest BCUT2D eigenvalue weighted by Gasteiger charge is 2.70. The van der Waals surface area contributed by atoms with Crippen molar-refractivity contribution in [1.82, 2.24) is 5.32 Å². The first kappa shape index (κ1) is 35.7. The Hall–Kier alpha value is -1.63. The number of esters is 1. The Labute approximate surface area is 278 Å². The molecule has 5 rings (SSSR count). The molecule has 7 nitrogen and oxygen atoms in total. The van der Waals surface area contributed by atoms with Crippen LogP contribution in [0.4, 0.5) is 0 Å². The number of hydrogen-bond acceptors (Lipinski definition) is 5. The first-order valence-corrected chi connectivity index (χ1v) is 18.5. The number of fused-ring (bicyclic) bond motifs is 7. The summed E-state index contributed by atoms with van der Waals surface area (Å²) in [6, 6.07) is 0. The van der Waals surface area contributed by atoms with Crippen LogP contribution in [0.25, 0.3) is 0 Å². The molecule has 2 unspecified atom stereocenters. The molecule has 1 amide bonds. The van der Waals surface area contributed by atoms with Crippen molar-refractivity contribution in [3.63, 3.8) is 0 Å². The molecule has 5 fully saturated rings. The molecule has 46 heavy (non-hydrogen) atoms. The number of carboxylic acids is 1. The summed E-state index contributed by atoms with van der Waals surface area (Å²) in [6.07, 6.45) is 13.2. The number of amides is 1. The van der Waals surface area contributed by atoms with Crippen molar-refractivity contribution >= 4 is 17.8 Å². The normalized spacial score (nSPS) is 41.7. The first-order chi connectivity index (χ1) is 21.1. The van der Waals surface area contributed by atoms with E-state index in [-0.39, 0.29) is 57.9 Å². The van der Waals surface area contributed by atoms with Crippen LogP contribution in [0.5, 0.6) is 0 Å². The molecule has 0 aromatic carbocycles. The van der Waals surface area contributed by atoms with Gasteiger partial charge in [-0.3, -0.25) is 14.4 Å². The van der Waals surface area contributed by atoms with E-state index in [0.29, 0.717) is 36.6 Å². The quantitative estimate of drug-likeness (QED) is 0.220. The van der Waals surface area contributed by atoms with Crippen LogP contribution in [0.1, 0.15) is 152 Å². The molecule has 262 valence electrons. The molecule has 0 aromatic heterocycles. The molecule has 0 spiro atoms. The molecule has 3 N–H and O–H groups in total. The molecular weight excluding hydrogens is 578 g/mol. The second kappa shape index (κ2) is 11.8. The molecule has 0 aromatic rings. The van der Waals surface area contributed by atoms with Gasteiger partial charge in [0.1, 0.15) is 6.10 Å². The van der Waals surface area contributed by atoms with Gasteiger partial charge in [-0.1, -0.05) is 54.9 Å². The van der Waals surface area contributed by atoms with Crippen molar-refractivity contribution in [2.24, 2.45) is 56.2 Å². The number of hydrogen-bond donors (Lipinski definition) is 3. The molecule has 0 radical (unpaired) electrons. The van der Waals surface area contributed by atoms with E-state index in [2.05, 4.69) is 39.9 Å². The van der Waals surface area contributed by atoms with Gasteiger partial charge in [-0.15, -0.1) is 0 Å². The molecule has 5 saturated carbocycles. The second-order valence-corrected chi connectivity index (χ2v) is 19.5. The minimum absolute atomic E-state index is 0.0475. The van der Waals surface area contributed by atoms with Gasteiger partial charge in [0.05, 0.1) is 18.4 Å². The third-order valence-corrected chi connectivity index (χ3v) is 15.2. The van der Waals surface area contributed by atoms with Crippen LogP contribution in [-0.2, 0) is 19.1 Å². The summed E-state index contributed by atoms with van der Waals surface area (Å²) in [7, 11) is 0. The smallest absolute Gasteiger partial charge is 0.306 e. The van der Waals surface area contributed by atoms with Crippen molar-refractivity contribution in [1.29, 1.82) is 0 Å². The van der Waals surface area contributed by atoms with Gasteiger partial charge in [0.25, 0.3) is 0 Å². The van der Waals surface area contributed by atoms with Crippen LogP contribution in [-0.4, -0.2) is 46.3 Å². The lowest BCUT2D eigenvalue weighted by atomic mass is 9.32. The summed E-state index contributed by atoms with van der Waals surface area (Å²) in [5, 5.41) is 22.5. The largest absolute Gasteiger partial charge is 0.481 e. The zero-order valence-electron chi connectivity index (χ0n) is 30.5. The minimum atomic E-state index is -0.899. The summed E-state index contributed by atoms with van der Waals surface area (Å²) in [5.41, 5.74) is -0.924. The molecule has 0 heterocycles. The highest BCUT2D eigenvalue weighted by molar-refractivity contribution is 5.77. The predicted octanol–water partition coefficient (Wildman–Crippen LogP) is 7.92. The molecule has 5 aliphatic carbocycles. The number of aliphatic carboxylic acids is 1. The number of carbonyl (C=O) groups excluding carboxylic acids is 2. The van der Waals surface area contributed by atoms with Crippen LogP contribution in [0.2, 0.25) is 0 Å². The number of carboxylic acid groups (broad SMARTS) is 1. The van der Waals surface area contributed by atoms with E-state index in [4.69, 9.17) is 4.74 Å². The third kappa shape index (κ3) is 6.06. The summed E-state index contributed by atoms with van der Waals surface area (Å²) in [5.74, 6) is 1.28. The van der Waals surface area contributed by atoms with Gasteiger partial charge in [0.15, 0.2) is 0 Å². The third-order valence-electron chi connectivity index (χ3n) is 15.2. The number of carbonyl (C=O) groups is 3.